The number of halogens is 1. The average molecular weight is 472 g/mol. The molecule has 8 nitrogen and oxygen atoms in total. The van der Waals surface area contributed by atoms with Gasteiger partial charge in [-0.15, -0.1) is 10.2 Å². The van der Waals surface area contributed by atoms with Crippen molar-refractivity contribution in [2.24, 2.45) is 5.92 Å². The van der Waals surface area contributed by atoms with Crippen molar-refractivity contribution in [2.45, 2.75) is 13.0 Å². The Morgan fingerprint density at radius 1 is 1.06 bits per heavy atom. The van der Waals surface area contributed by atoms with E-state index in [2.05, 4.69) is 15.5 Å². The molecule has 1 aromatic heterocycles. The van der Waals surface area contributed by atoms with Gasteiger partial charge in [-0.25, -0.2) is 4.39 Å². The van der Waals surface area contributed by atoms with E-state index in [9.17, 15) is 14.0 Å². The summed E-state index contributed by atoms with van der Waals surface area (Å²) in [6.45, 7) is 0.354. The summed E-state index contributed by atoms with van der Waals surface area (Å²) in [6.07, 6.45) is 0.157. The fourth-order valence-corrected chi connectivity index (χ4v) is 3.81. The molecule has 0 radical (unpaired) electrons. The molecule has 0 saturated carbocycles. The molecule has 35 heavy (non-hydrogen) atoms. The van der Waals surface area contributed by atoms with E-state index in [4.69, 9.17) is 9.15 Å². The highest BCUT2D eigenvalue weighted by atomic mass is 19.1. The van der Waals surface area contributed by atoms with Crippen LogP contribution < -0.4 is 15.0 Å². The van der Waals surface area contributed by atoms with Crippen LogP contribution in [0.25, 0.3) is 11.5 Å². The third kappa shape index (κ3) is 5.19. The van der Waals surface area contributed by atoms with E-state index in [0.717, 1.165) is 5.69 Å². The number of anilines is 2. The summed E-state index contributed by atoms with van der Waals surface area (Å²) in [5, 5.41) is 10.8. The first-order valence-corrected chi connectivity index (χ1v) is 11.0. The minimum absolute atomic E-state index is 0.0226. The summed E-state index contributed by atoms with van der Waals surface area (Å²) < 4.78 is 24.4. The Balaban J connectivity index is 1.18. The molecule has 2 amide bonds. The number of carbonyl (C=O) groups excluding carboxylic acids is 2. The number of benzene rings is 3. The number of para-hydroxylation sites is 1. The summed E-state index contributed by atoms with van der Waals surface area (Å²) >= 11 is 0. The molecule has 0 aliphatic carbocycles. The Bertz CT molecular complexity index is 1340. The van der Waals surface area contributed by atoms with Crippen molar-refractivity contribution in [3.8, 4) is 17.2 Å². The summed E-state index contributed by atoms with van der Waals surface area (Å²) in [6, 6.07) is 22.0. The Kier molecular flexibility index (Phi) is 6.21. The van der Waals surface area contributed by atoms with Crippen LogP contribution in [0.3, 0.4) is 0 Å². The maximum atomic E-state index is 13.1. The van der Waals surface area contributed by atoms with Crippen LogP contribution in [0.2, 0.25) is 0 Å². The molecule has 1 N–H and O–H groups in total. The van der Waals surface area contributed by atoms with Crippen molar-refractivity contribution in [1.29, 1.82) is 0 Å². The number of nitrogens with one attached hydrogen (secondary N) is 1. The average Bonchev–Trinajstić information content (AvgIpc) is 3.51. The fourth-order valence-electron chi connectivity index (χ4n) is 3.81. The molecule has 1 fully saturated rings. The third-order valence-electron chi connectivity index (χ3n) is 5.59. The molecule has 1 unspecified atom stereocenters. The van der Waals surface area contributed by atoms with Gasteiger partial charge in [0.1, 0.15) is 11.6 Å². The van der Waals surface area contributed by atoms with Crippen molar-refractivity contribution in [3.05, 3.63) is 90.6 Å². The van der Waals surface area contributed by atoms with Crippen LogP contribution in [0.15, 0.2) is 83.3 Å². The predicted molar refractivity (Wildman–Crippen MR) is 126 cm³/mol. The zero-order valence-electron chi connectivity index (χ0n) is 18.6. The second-order valence-electron chi connectivity index (χ2n) is 8.05. The van der Waals surface area contributed by atoms with E-state index in [0.29, 0.717) is 23.5 Å². The first-order valence-electron chi connectivity index (χ1n) is 11.0. The van der Waals surface area contributed by atoms with Gasteiger partial charge >= 0.3 is 0 Å². The van der Waals surface area contributed by atoms with Crippen LogP contribution in [0.5, 0.6) is 5.75 Å². The zero-order chi connectivity index (χ0) is 24.2. The number of amides is 2. The molecule has 1 saturated heterocycles. The summed E-state index contributed by atoms with van der Waals surface area (Å²) in [5.74, 6) is -0.0857. The molecule has 1 aliphatic heterocycles. The number of rotatable bonds is 7. The lowest BCUT2D eigenvalue weighted by molar-refractivity contribution is -0.122. The third-order valence-corrected chi connectivity index (χ3v) is 5.59. The van der Waals surface area contributed by atoms with Crippen LogP contribution in [-0.2, 0) is 16.2 Å². The highest BCUT2D eigenvalue weighted by Crippen LogP contribution is 2.27. The SMILES string of the molecule is O=C(Nc1cccc(OCc2nnc(-c3ccc(F)cc3)o2)c1)C1CC(=O)N(c2ccccc2)C1. The van der Waals surface area contributed by atoms with Gasteiger partial charge in [-0.1, -0.05) is 24.3 Å². The Labute approximate surface area is 200 Å². The predicted octanol–water partition coefficient (Wildman–Crippen LogP) is 4.45. The molecule has 0 bridgehead atoms. The molecule has 0 spiro atoms. The number of aromatic nitrogens is 2. The number of hydrogen-bond donors (Lipinski definition) is 1. The van der Waals surface area contributed by atoms with Crippen LogP contribution in [0.4, 0.5) is 15.8 Å². The topological polar surface area (TPSA) is 97.6 Å². The molecule has 3 aromatic carbocycles. The first kappa shape index (κ1) is 22.3. The van der Waals surface area contributed by atoms with E-state index in [-0.39, 0.29) is 42.4 Å². The van der Waals surface area contributed by atoms with Crippen molar-refractivity contribution >= 4 is 23.2 Å². The van der Waals surface area contributed by atoms with Gasteiger partial charge in [-0.05, 0) is 48.5 Å². The van der Waals surface area contributed by atoms with E-state index >= 15 is 0 Å². The highest BCUT2D eigenvalue weighted by molar-refractivity contribution is 6.03. The van der Waals surface area contributed by atoms with Crippen molar-refractivity contribution in [1.82, 2.24) is 10.2 Å². The molecule has 4 aromatic rings. The van der Waals surface area contributed by atoms with Gasteiger partial charge in [0.15, 0.2) is 6.61 Å². The molecule has 176 valence electrons. The van der Waals surface area contributed by atoms with Gasteiger partial charge in [0.2, 0.25) is 17.7 Å². The van der Waals surface area contributed by atoms with Gasteiger partial charge in [-0.2, -0.15) is 0 Å². The lowest BCUT2D eigenvalue weighted by atomic mass is 10.1. The molecular weight excluding hydrogens is 451 g/mol. The monoisotopic (exact) mass is 472 g/mol. The van der Waals surface area contributed by atoms with Crippen LogP contribution in [-0.4, -0.2) is 28.6 Å². The standard InChI is InChI=1S/C26H21FN4O4/c27-19-11-9-17(10-12-19)26-30-29-23(35-26)16-34-22-8-4-5-20(14-22)28-25(33)18-13-24(32)31(15-18)21-6-2-1-3-7-21/h1-12,14,18H,13,15-16H2,(H,28,33). The van der Waals surface area contributed by atoms with E-state index in [1.165, 1.54) is 12.1 Å². The molecular formula is C26H21FN4O4. The quantitative estimate of drug-likeness (QED) is 0.427. The first-order chi connectivity index (χ1) is 17.0. The maximum Gasteiger partial charge on any atom is 0.254 e. The number of carbonyl (C=O) groups is 2. The van der Waals surface area contributed by atoms with Crippen molar-refractivity contribution in [3.63, 3.8) is 0 Å². The summed E-state index contributed by atoms with van der Waals surface area (Å²) in [4.78, 5) is 26.8. The largest absolute Gasteiger partial charge is 0.484 e. The Morgan fingerprint density at radius 3 is 2.66 bits per heavy atom. The van der Waals surface area contributed by atoms with Crippen LogP contribution in [0.1, 0.15) is 12.3 Å². The van der Waals surface area contributed by atoms with Crippen molar-refractivity contribution in [2.75, 3.05) is 16.8 Å². The van der Waals surface area contributed by atoms with Crippen LogP contribution in [0, 0.1) is 11.7 Å². The molecule has 2 heterocycles. The zero-order valence-corrected chi connectivity index (χ0v) is 18.6. The second kappa shape index (κ2) is 9.76. The smallest absolute Gasteiger partial charge is 0.254 e. The number of nitrogens with zero attached hydrogens (tertiary/aromatic N) is 3. The van der Waals surface area contributed by atoms with Gasteiger partial charge in [0, 0.05) is 36.0 Å². The lowest BCUT2D eigenvalue weighted by Gasteiger charge is -2.16. The second-order valence-corrected chi connectivity index (χ2v) is 8.05. The van der Waals surface area contributed by atoms with Gasteiger partial charge in [0.25, 0.3) is 5.89 Å². The molecule has 9 heteroatoms. The van der Waals surface area contributed by atoms with E-state index in [1.54, 1.807) is 41.3 Å². The normalized spacial score (nSPS) is 15.3. The van der Waals surface area contributed by atoms with E-state index in [1.807, 2.05) is 30.3 Å². The fraction of sp³-hybridized carbons (Fsp3) is 0.154. The number of ether oxygens (including phenoxy) is 1. The van der Waals surface area contributed by atoms with Gasteiger partial charge < -0.3 is 19.4 Å². The number of hydrogen-bond acceptors (Lipinski definition) is 6. The molecule has 1 atom stereocenters. The Morgan fingerprint density at radius 2 is 1.86 bits per heavy atom. The lowest BCUT2D eigenvalue weighted by Crippen LogP contribution is -2.28. The highest BCUT2D eigenvalue weighted by Gasteiger charge is 2.35. The van der Waals surface area contributed by atoms with Gasteiger partial charge in [-0.3, -0.25) is 9.59 Å². The summed E-state index contributed by atoms with van der Waals surface area (Å²) in [7, 11) is 0. The minimum atomic E-state index is -0.449. The van der Waals surface area contributed by atoms with Gasteiger partial charge in [0.05, 0.1) is 5.92 Å². The Hall–Kier alpha value is -4.53. The van der Waals surface area contributed by atoms with Crippen LogP contribution >= 0.6 is 0 Å². The minimum Gasteiger partial charge on any atom is -0.484 e. The molecule has 1 aliphatic rings. The van der Waals surface area contributed by atoms with E-state index < -0.39 is 5.92 Å². The molecule has 5 rings (SSSR count). The van der Waals surface area contributed by atoms with Crippen molar-refractivity contribution < 1.29 is 23.1 Å². The summed E-state index contributed by atoms with van der Waals surface area (Å²) in [5.41, 5.74) is 1.94. The maximum absolute atomic E-state index is 13.1.